The number of nitrogens with two attached hydrogens (primary N) is 1. The third-order valence-corrected chi connectivity index (χ3v) is 2.80. The average Bonchev–Trinajstić information content (AvgIpc) is 2.63. The van der Waals surface area contributed by atoms with Crippen LogP contribution in [0.25, 0.3) is 11.1 Å². The van der Waals surface area contributed by atoms with Crippen LogP contribution in [0, 0.1) is 0 Å². The van der Waals surface area contributed by atoms with Crippen molar-refractivity contribution in [3.05, 3.63) is 35.7 Å². The van der Waals surface area contributed by atoms with Gasteiger partial charge in [-0.3, -0.25) is 0 Å². The van der Waals surface area contributed by atoms with E-state index >= 15 is 0 Å². The van der Waals surface area contributed by atoms with Crippen molar-refractivity contribution >= 4 is 16.3 Å². The highest BCUT2D eigenvalue weighted by atomic mass is 32.1. The minimum atomic E-state index is -4.66. The second-order valence-electron chi connectivity index (χ2n) is 3.31. The molecule has 17 heavy (non-hydrogen) atoms. The van der Waals surface area contributed by atoms with Gasteiger partial charge in [0.15, 0.2) is 0 Å². The molecule has 6 heteroatoms. The van der Waals surface area contributed by atoms with Gasteiger partial charge in [0, 0.05) is 5.38 Å². The summed E-state index contributed by atoms with van der Waals surface area (Å²) in [6.45, 7) is 0. The van der Waals surface area contributed by atoms with Gasteiger partial charge in [-0.1, -0.05) is 12.1 Å². The second kappa shape index (κ2) is 4.29. The van der Waals surface area contributed by atoms with E-state index in [2.05, 4.69) is 4.74 Å². The molecule has 0 unspecified atom stereocenters. The normalized spacial score (nSPS) is 11.5. The van der Waals surface area contributed by atoms with E-state index < -0.39 is 6.36 Å². The summed E-state index contributed by atoms with van der Waals surface area (Å²) in [5, 5.41) is 2.50. The Morgan fingerprint density at radius 3 is 2.18 bits per heavy atom. The van der Waals surface area contributed by atoms with Crippen molar-refractivity contribution in [3.63, 3.8) is 0 Å². The standard InChI is InChI=1S/C11H8F3NOS/c12-11(13,14)16-9-3-1-7(2-4-9)8-5-10(15)17-6-8/h1-6H,15H2. The van der Waals surface area contributed by atoms with Crippen LogP contribution in [0.4, 0.5) is 18.2 Å². The van der Waals surface area contributed by atoms with Crippen LogP contribution in [0.1, 0.15) is 0 Å². The zero-order valence-corrected chi connectivity index (χ0v) is 9.31. The summed E-state index contributed by atoms with van der Waals surface area (Å²) in [4.78, 5) is 0. The molecule has 2 rings (SSSR count). The van der Waals surface area contributed by atoms with E-state index in [1.54, 1.807) is 18.2 Å². The third-order valence-electron chi connectivity index (χ3n) is 2.04. The molecule has 0 saturated carbocycles. The number of alkyl halides is 3. The van der Waals surface area contributed by atoms with E-state index in [0.717, 1.165) is 11.1 Å². The summed E-state index contributed by atoms with van der Waals surface area (Å²) in [6, 6.07) is 7.43. The van der Waals surface area contributed by atoms with E-state index in [4.69, 9.17) is 5.73 Å². The maximum atomic E-state index is 11.9. The van der Waals surface area contributed by atoms with E-state index in [0.29, 0.717) is 5.00 Å². The van der Waals surface area contributed by atoms with Gasteiger partial charge in [-0.05, 0) is 29.3 Å². The van der Waals surface area contributed by atoms with Gasteiger partial charge < -0.3 is 10.5 Å². The van der Waals surface area contributed by atoms with Gasteiger partial charge in [0.05, 0.1) is 5.00 Å². The van der Waals surface area contributed by atoms with Crippen molar-refractivity contribution in [2.75, 3.05) is 5.73 Å². The highest BCUT2D eigenvalue weighted by Gasteiger charge is 2.30. The lowest BCUT2D eigenvalue weighted by Gasteiger charge is -2.08. The topological polar surface area (TPSA) is 35.2 Å². The van der Waals surface area contributed by atoms with E-state index in [1.165, 1.54) is 23.5 Å². The molecular formula is C11H8F3NOS. The Kier molecular flexibility index (Phi) is 2.97. The molecule has 0 saturated heterocycles. The third kappa shape index (κ3) is 3.13. The Morgan fingerprint density at radius 2 is 1.71 bits per heavy atom. The van der Waals surface area contributed by atoms with Crippen molar-refractivity contribution in [1.82, 2.24) is 0 Å². The van der Waals surface area contributed by atoms with Gasteiger partial charge in [-0.2, -0.15) is 0 Å². The summed E-state index contributed by atoms with van der Waals surface area (Å²) in [5.74, 6) is -0.232. The molecule has 0 spiro atoms. The Labute approximate surface area is 99.4 Å². The maximum Gasteiger partial charge on any atom is 0.573 e. The van der Waals surface area contributed by atoms with Crippen molar-refractivity contribution in [2.24, 2.45) is 0 Å². The van der Waals surface area contributed by atoms with Gasteiger partial charge >= 0.3 is 6.36 Å². The highest BCUT2D eigenvalue weighted by molar-refractivity contribution is 7.14. The number of benzene rings is 1. The van der Waals surface area contributed by atoms with Crippen molar-refractivity contribution < 1.29 is 17.9 Å². The van der Waals surface area contributed by atoms with E-state index in [9.17, 15) is 13.2 Å². The van der Waals surface area contributed by atoms with Gasteiger partial charge in [0.1, 0.15) is 5.75 Å². The zero-order chi connectivity index (χ0) is 12.5. The molecule has 1 aromatic carbocycles. The fourth-order valence-electron chi connectivity index (χ4n) is 1.35. The molecule has 0 amide bonds. The predicted molar refractivity (Wildman–Crippen MR) is 60.9 cm³/mol. The molecule has 1 heterocycles. The number of ether oxygens (including phenoxy) is 1. The van der Waals surface area contributed by atoms with Crippen molar-refractivity contribution in [1.29, 1.82) is 0 Å². The summed E-state index contributed by atoms with van der Waals surface area (Å²) in [6.07, 6.45) is -4.66. The molecule has 2 nitrogen and oxygen atoms in total. The van der Waals surface area contributed by atoms with E-state index in [-0.39, 0.29) is 5.75 Å². The first-order valence-electron chi connectivity index (χ1n) is 4.64. The lowest BCUT2D eigenvalue weighted by Crippen LogP contribution is -2.16. The van der Waals surface area contributed by atoms with Crippen LogP contribution >= 0.6 is 11.3 Å². The summed E-state index contributed by atoms with van der Waals surface area (Å²) in [5.41, 5.74) is 7.25. The zero-order valence-electron chi connectivity index (χ0n) is 8.49. The van der Waals surface area contributed by atoms with Gasteiger partial charge in [0.25, 0.3) is 0 Å². The number of hydrogen-bond donors (Lipinski definition) is 1. The molecule has 0 radical (unpaired) electrons. The van der Waals surface area contributed by atoms with Gasteiger partial charge in [-0.15, -0.1) is 24.5 Å². The maximum absolute atomic E-state index is 11.9. The molecule has 0 aliphatic heterocycles. The minimum Gasteiger partial charge on any atom is -0.406 e. The molecular weight excluding hydrogens is 251 g/mol. The lowest BCUT2D eigenvalue weighted by molar-refractivity contribution is -0.274. The first kappa shape index (κ1) is 11.8. The molecule has 2 N–H and O–H groups in total. The largest absolute Gasteiger partial charge is 0.573 e. The number of rotatable bonds is 2. The molecule has 2 aromatic rings. The van der Waals surface area contributed by atoms with Gasteiger partial charge in [0.2, 0.25) is 0 Å². The van der Waals surface area contributed by atoms with Crippen LogP contribution in [0.15, 0.2) is 35.7 Å². The lowest BCUT2D eigenvalue weighted by atomic mass is 10.1. The molecule has 90 valence electrons. The molecule has 0 aliphatic carbocycles. The molecule has 0 bridgehead atoms. The Morgan fingerprint density at radius 1 is 1.06 bits per heavy atom. The fourth-order valence-corrected chi connectivity index (χ4v) is 2.02. The van der Waals surface area contributed by atoms with Crippen molar-refractivity contribution in [2.45, 2.75) is 6.36 Å². The molecule has 0 aliphatic rings. The number of anilines is 1. The van der Waals surface area contributed by atoms with Crippen LogP contribution in [-0.4, -0.2) is 6.36 Å². The molecule has 1 aromatic heterocycles. The Balaban J connectivity index is 2.19. The number of nitrogen functional groups attached to an aromatic ring is 1. The smallest absolute Gasteiger partial charge is 0.406 e. The quantitative estimate of drug-likeness (QED) is 0.887. The summed E-state index contributed by atoms with van der Waals surface area (Å²) >= 11 is 1.38. The van der Waals surface area contributed by atoms with Crippen LogP contribution in [0.3, 0.4) is 0 Å². The summed E-state index contributed by atoms with van der Waals surface area (Å²) in [7, 11) is 0. The van der Waals surface area contributed by atoms with Crippen LogP contribution < -0.4 is 10.5 Å². The summed E-state index contributed by atoms with van der Waals surface area (Å²) < 4.78 is 39.6. The van der Waals surface area contributed by atoms with Crippen LogP contribution in [0.2, 0.25) is 0 Å². The second-order valence-corrected chi connectivity index (χ2v) is 4.25. The predicted octanol–water partition coefficient (Wildman–Crippen LogP) is 3.90. The number of thiophene rings is 1. The van der Waals surface area contributed by atoms with Crippen LogP contribution in [-0.2, 0) is 0 Å². The monoisotopic (exact) mass is 259 g/mol. The van der Waals surface area contributed by atoms with Gasteiger partial charge in [-0.25, -0.2) is 0 Å². The number of halogens is 3. The molecule has 0 atom stereocenters. The SMILES string of the molecule is Nc1cc(-c2ccc(OC(F)(F)F)cc2)cs1. The Bertz CT molecular complexity index is 504. The fraction of sp³-hybridized carbons (Fsp3) is 0.0909. The minimum absolute atomic E-state index is 0.232. The molecule has 0 fully saturated rings. The Hall–Kier alpha value is -1.69. The average molecular weight is 259 g/mol. The van der Waals surface area contributed by atoms with Crippen molar-refractivity contribution in [3.8, 4) is 16.9 Å². The number of hydrogen-bond acceptors (Lipinski definition) is 3. The first-order chi connectivity index (χ1) is 7.94. The van der Waals surface area contributed by atoms with Crippen LogP contribution in [0.5, 0.6) is 5.75 Å². The first-order valence-corrected chi connectivity index (χ1v) is 5.52. The highest BCUT2D eigenvalue weighted by Crippen LogP contribution is 2.29. The van der Waals surface area contributed by atoms with E-state index in [1.807, 2.05) is 5.38 Å².